The van der Waals surface area contributed by atoms with Crippen LogP contribution in [0.15, 0.2) is 18.2 Å². The minimum absolute atomic E-state index is 0.00583. The summed E-state index contributed by atoms with van der Waals surface area (Å²) in [4.78, 5) is 21.3. The lowest BCUT2D eigenvalue weighted by molar-refractivity contribution is -0.385. The SMILES string of the molecule is O=C(CBr)Cc1cc(I)cc([N+](=O)[O-])c1. The lowest BCUT2D eigenvalue weighted by atomic mass is 10.1. The number of carbonyl (C=O) groups excluding carboxylic acids is 1. The van der Waals surface area contributed by atoms with Crippen LogP contribution in [-0.2, 0) is 11.2 Å². The van der Waals surface area contributed by atoms with Crippen LogP contribution in [0.4, 0.5) is 5.69 Å². The maximum absolute atomic E-state index is 11.2. The molecular weight excluding hydrogens is 377 g/mol. The van der Waals surface area contributed by atoms with Crippen LogP contribution in [0.25, 0.3) is 0 Å². The predicted octanol–water partition coefficient (Wildman–Crippen LogP) is 2.71. The Kier molecular flexibility index (Phi) is 4.65. The largest absolute Gasteiger partial charge is 0.298 e. The van der Waals surface area contributed by atoms with E-state index in [4.69, 9.17) is 0 Å². The fourth-order valence-corrected chi connectivity index (χ4v) is 2.03. The van der Waals surface area contributed by atoms with Gasteiger partial charge < -0.3 is 0 Å². The second kappa shape index (κ2) is 5.55. The smallest absolute Gasteiger partial charge is 0.270 e. The van der Waals surface area contributed by atoms with Crippen LogP contribution in [0.2, 0.25) is 0 Å². The van der Waals surface area contributed by atoms with E-state index < -0.39 is 4.92 Å². The number of ketones is 1. The van der Waals surface area contributed by atoms with Crippen LogP contribution in [0.1, 0.15) is 5.56 Å². The fraction of sp³-hybridized carbons (Fsp3) is 0.222. The third-order valence-corrected chi connectivity index (χ3v) is 2.95. The second-order valence-corrected chi connectivity index (χ2v) is 4.73. The summed E-state index contributed by atoms with van der Waals surface area (Å²) < 4.78 is 0.763. The van der Waals surface area contributed by atoms with Gasteiger partial charge in [0.2, 0.25) is 0 Å². The van der Waals surface area contributed by atoms with Gasteiger partial charge in [-0.3, -0.25) is 14.9 Å². The van der Waals surface area contributed by atoms with E-state index in [0.29, 0.717) is 5.56 Å². The summed E-state index contributed by atoms with van der Waals surface area (Å²) >= 11 is 5.05. The highest BCUT2D eigenvalue weighted by Gasteiger charge is 2.10. The molecule has 0 saturated heterocycles. The molecular formula is C9H7BrINO3. The number of nitro groups is 1. The molecule has 4 nitrogen and oxygen atoms in total. The topological polar surface area (TPSA) is 60.2 Å². The second-order valence-electron chi connectivity index (χ2n) is 2.92. The van der Waals surface area contributed by atoms with Crippen LogP contribution < -0.4 is 0 Å². The van der Waals surface area contributed by atoms with E-state index >= 15 is 0 Å². The molecule has 1 rings (SSSR count). The van der Waals surface area contributed by atoms with Crippen molar-refractivity contribution in [3.63, 3.8) is 0 Å². The van der Waals surface area contributed by atoms with E-state index in [2.05, 4.69) is 15.9 Å². The molecule has 0 saturated carbocycles. The standard InChI is InChI=1S/C9H7BrINO3/c10-5-9(13)3-6-1-7(11)4-8(2-6)12(14)15/h1-2,4H,3,5H2. The summed E-state index contributed by atoms with van der Waals surface area (Å²) in [7, 11) is 0. The van der Waals surface area contributed by atoms with Gasteiger partial charge in [-0.25, -0.2) is 0 Å². The first-order valence-corrected chi connectivity index (χ1v) is 6.24. The number of halogens is 2. The molecule has 0 aliphatic heterocycles. The molecule has 0 atom stereocenters. The lowest BCUT2D eigenvalue weighted by Crippen LogP contribution is -2.04. The summed E-state index contributed by atoms with van der Waals surface area (Å²) in [5.74, 6) is 0.00583. The zero-order valence-electron chi connectivity index (χ0n) is 7.57. The van der Waals surface area contributed by atoms with E-state index in [1.165, 1.54) is 12.1 Å². The van der Waals surface area contributed by atoms with Crippen molar-refractivity contribution in [1.82, 2.24) is 0 Å². The number of alkyl halides is 1. The molecule has 6 heteroatoms. The number of nitrogens with zero attached hydrogens (tertiary/aromatic N) is 1. The summed E-state index contributed by atoms with van der Waals surface area (Å²) in [6.45, 7) is 0. The van der Waals surface area contributed by atoms with Crippen molar-refractivity contribution in [2.75, 3.05) is 5.33 Å². The van der Waals surface area contributed by atoms with Gasteiger partial charge in [-0.15, -0.1) is 0 Å². The minimum Gasteiger partial charge on any atom is -0.298 e. The maximum atomic E-state index is 11.2. The highest BCUT2D eigenvalue weighted by Crippen LogP contribution is 2.19. The van der Waals surface area contributed by atoms with Crippen molar-refractivity contribution in [1.29, 1.82) is 0 Å². The normalized spacial score (nSPS) is 10.0. The summed E-state index contributed by atoms with van der Waals surface area (Å²) in [6.07, 6.45) is 0.225. The van der Waals surface area contributed by atoms with E-state index in [9.17, 15) is 14.9 Å². The molecule has 15 heavy (non-hydrogen) atoms. The van der Waals surface area contributed by atoms with Gasteiger partial charge in [0, 0.05) is 22.1 Å². The van der Waals surface area contributed by atoms with Crippen LogP contribution in [0, 0.1) is 13.7 Å². The van der Waals surface area contributed by atoms with Crippen LogP contribution in [0.5, 0.6) is 0 Å². The third kappa shape index (κ3) is 3.86. The molecule has 0 radical (unpaired) electrons. The van der Waals surface area contributed by atoms with Gasteiger partial charge in [-0.05, 0) is 34.2 Å². The Morgan fingerprint density at radius 1 is 1.47 bits per heavy atom. The number of carbonyl (C=O) groups is 1. The molecule has 0 unspecified atom stereocenters. The molecule has 0 fully saturated rings. The maximum Gasteiger partial charge on any atom is 0.270 e. The van der Waals surface area contributed by atoms with E-state index in [1.54, 1.807) is 6.07 Å². The van der Waals surface area contributed by atoms with Crippen LogP contribution in [-0.4, -0.2) is 16.0 Å². The Morgan fingerprint density at radius 2 is 2.13 bits per heavy atom. The highest BCUT2D eigenvalue weighted by molar-refractivity contribution is 14.1. The van der Waals surface area contributed by atoms with Crippen molar-refractivity contribution in [2.45, 2.75) is 6.42 Å². The minimum atomic E-state index is -0.454. The molecule has 0 N–H and O–H groups in total. The molecule has 0 amide bonds. The highest BCUT2D eigenvalue weighted by atomic mass is 127. The van der Waals surface area contributed by atoms with Crippen molar-refractivity contribution >= 4 is 50.0 Å². The average Bonchev–Trinajstić information content (AvgIpc) is 2.16. The number of hydrogen-bond acceptors (Lipinski definition) is 3. The Labute approximate surface area is 108 Å². The molecule has 0 spiro atoms. The number of nitro benzene ring substituents is 1. The molecule has 0 bridgehead atoms. The number of Topliss-reactive ketones (excluding diaryl/α,β-unsaturated/α-hetero) is 1. The van der Waals surface area contributed by atoms with Gasteiger partial charge in [-0.2, -0.15) is 0 Å². The Hall–Kier alpha value is -0.500. The molecule has 1 aromatic carbocycles. The number of rotatable bonds is 4. The first-order chi connectivity index (χ1) is 7.02. The molecule has 0 aliphatic carbocycles. The number of non-ortho nitro benzene ring substituents is 1. The average molecular weight is 384 g/mol. The first kappa shape index (κ1) is 12.6. The summed E-state index contributed by atoms with van der Waals surface area (Å²) in [5, 5.41) is 10.8. The number of benzene rings is 1. The van der Waals surface area contributed by atoms with Gasteiger partial charge in [-0.1, -0.05) is 15.9 Å². The first-order valence-electron chi connectivity index (χ1n) is 4.04. The Balaban J connectivity index is 2.98. The van der Waals surface area contributed by atoms with Crippen LogP contribution >= 0.6 is 38.5 Å². The van der Waals surface area contributed by atoms with E-state index in [0.717, 1.165) is 3.57 Å². The molecule has 0 aromatic heterocycles. The van der Waals surface area contributed by atoms with Crippen molar-refractivity contribution in [3.05, 3.63) is 37.4 Å². The Morgan fingerprint density at radius 3 is 2.67 bits per heavy atom. The summed E-state index contributed by atoms with van der Waals surface area (Å²) in [6, 6.07) is 4.68. The summed E-state index contributed by atoms with van der Waals surface area (Å²) in [5.41, 5.74) is 0.706. The van der Waals surface area contributed by atoms with Gasteiger partial charge in [0.15, 0.2) is 0 Å². The molecule has 0 aliphatic rings. The molecule has 0 heterocycles. The van der Waals surface area contributed by atoms with Crippen molar-refractivity contribution < 1.29 is 9.72 Å². The monoisotopic (exact) mass is 383 g/mol. The van der Waals surface area contributed by atoms with Crippen molar-refractivity contribution in [3.8, 4) is 0 Å². The predicted molar refractivity (Wildman–Crippen MR) is 68.3 cm³/mol. The van der Waals surface area contributed by atoms with E-state index in [-0.39, 0.29) is 23.2 Å². The van der Waals surface area contributed by atoms with Crippen molar-refractivity contribution in [2.24, 2.45) is 0 Å². The molecule has 1 aromatic rings. The van der Waals surface area contributed by atoms with Gasteiger partial charge in [0.25, 0.3) is 5.69 Å². The zero-order valence-corrected chi connectivity index (χ0v) is 11.3. The fourth-order valence-electron chi connectivity index (χ4n) is 1.12. The lowest BCUT2D eigenvalue weighted by Gasteiger charge is -2.00. The van der Waals surface area contributed by atoms with E-state index in [1.807, 2.05) is 22.6 Å². The van der Waals surface area contributed by atoms with Gasteiger partial charge >= 0.3 is 0 Å². The third-order valence-electron chi connectivity index (χ3n) is 1.70. The zero-order chi connectivity index (χ0) is 11.4. The molecule has 80 valence electrons. The Bertz CT molecular complexity index is 408. The van der Waals surface area contributed by atoms with Gasteiger partial charge in [0.05, 0.1) is 10.3 Å². The number of hydrogen-bond donors (Lipinski definition) is 0. The van der Waals surface area contributed by atoms with Gasteiger partial charge in [0.1, 0.15) is 5.78 Å². The quantitative estimate of drug-likeness (QED) is 0.347. The van der Waals surface area contributed by atoms with Crippen LogP contribution in [0.3, 0.4) is 0 Å².